The summed E-state index contributed by atoms with van der Waals surface area (Å²) in [6, 6.07) is 8.94. The molecule has 3 aromatic rings. The Kier molecular flexibility index (Phi) is 9.65. The van der Waals surface area contributed by atoms with Gasteiger partial charge in [0.25, 0.3) is 11.8 Å². The van der Waals surface area contributed by atoms with E-state index in [4.69, 9.17) is 14.6 Å². The van der Waals surface area contributed by atoms with Crippen molar-refractivity contribution in [2.45, 2.75) is 58.2 Å². The minimum absolute atomic E-state index is 0.0479. The number of rotatable bonds is 9. The summed E-state index contributed by atoms with van der Waals surface area (Å²) in [6.07, 6.45) is 3.17. The maximum absolute atomic E-state index is 14.0. The number of carbonyl (C=O) groups excluding carboxylic acids is 2. The number of halogens is 1. The first-order valence-electron chi connectivity index (χ1n) is 14.4. The zero-order chi connectivity index (χ0) is 30.7. The summed E-state index contributed by atoms with van der Waals surface area (Å²) in [4.78, 5) is 33.3. The van der Waals surface area contributed by atoms with Gasteiger partial charge in [-0.25, -0.2) is 4.68 Å². The van der Waals surface area contributed by atoms with E-state index in [1.54, 1.807) is 11.8 Å². The van der Waals surface area contributed by atoms with Crippen LogP contribution in [0.1, 0.15) is 55.8 Å². The summed E-state index contributed by atoms with van der Waals surface area (Å²) in [5.41, 5.74) is 4.74. The van der Waals surface area contributed by atoms with Crippen molar-refractivity contribution in [2.75, 3.05) is 43.2 Å². The Hall–Kier alpha value is -3.51. The maximum atomic E-state index is 14.0. The Balaban J connectivity index is 1.51. The Morgan fingerprint density at radius 2 is 1.93 bits per heavy atom. The zero-order valence-electron chi connectivity index (χ0n) is 25.1. The third-order valence-corrected chi connectivity index (χ3v) is 9.13. The van der Waals surface area contributed by atoms with Gasteiger partial charge in [0.15, 0.2) is 18.1 Å². The van der Waals surface area contributed by atoms with Gasteiger partial charge in [0.05, 0.1) is 17.2 Å². The van der Waals surface area contributed by atoms with E-state index in [-0.39, 0.29) is 18.4 Å². The molecule has 1 saturated heterocycles. The lowest BCUT2D eigenvalue weighted by atomic mass is 9.94. The highest BCUT2D eigenvalue weighted by atomic mass is 79.9. The Labute approximate surface area is 264 Å². The summed E-state index contributed by atoms with van der Waals surface area (Å²) in [7, 11) is 1.55. The Bertz CT molecular complexity index is 1570. The number of aryl methyl sites for hydroxylation is 1. The monoisotopic (exact) mass is 668 g/mol. The number of aromatic nitrogens is 3. The fourth-order valence-electron chi connectivity index (χ4n) is 5.41. The predicted octanol–water partition coefficient (Wildman–Crippen LogP) is 6.10. The number of hydrogen-bond donors (Lipinski definition) is 2. The molecule has 43 heavy (non-hydrogen) atoms. The molecule has 0 radical (unpaired) electrons. The first-order valence-corrected chi connectivity index (χ1v) is 16.2. The molecule has 2 amide bonds. The number of nitrogens with one attached hydrogen (secondary N) is 2. The van der Waals surface area contributed by atoms with Crippen molar-refractivity contribution in [1.82, 2.24) is 19.7 Å². The van der Waals surface area contributed by atoms with Gasteiger partial charge < -0.3 is 25.0 Å². The number of hydrogen-bond acceptors (Lipinski definition) is 8. The van der Waals surface area contributed by atoms with Crippen molar-refractivity contribution in [3.05, 3.63) is 62.8 Å². The van der Waals surface area contributed by atoms with Crippen LogP contribution in [0.3, 0.4) is 0 Å². The third-order valence-electron chi connectivity index (χ3n) is 7.82. The van der Waals surface area contributed by atoms with E-state index < -0.39 is 6.04 Å². The van der Waals surface area contributed by atoms with E-state index in [0.29, 0.717) is 38.3 Å². The number of thioether (sulfide) groups is 1. The van der Waals surface area contributed by atoms with Crippen molar-refractivity contribution in [3.8, 4) is 11.5 Å². The quantitative estimate of drug-likeness (QED) is 0.263. The molecule has 0 saturated carbocycles. The summed E-state index contributed by atoms with van der Waals surface area (Å²) in [5.74, 6) is 1.91. The van der Waals surface area contributed by atoms with Crippen LogP contribution in [0.15, 0.2) is 51.2 Å². The van der Waals surface area contributed by atoms with Gasteiger partial charge in [0, 0.05) is 24.5 Å². The first-order chi connectivity index (χ1) is 20.7. The van der Waals surface area contributed by atoms with Gasteiger partial charge in [-0.2, -0.15) is 4.98 Å². The molecule has 1 atom stereocenters. The van der Waals surface area contributed by atoms with Gasteiger partial charge in [0.2, 0.25) is 11.1 Å². The lowest BCUT2D eigenvalue weighted by Crippen LogP contribution is -2.38. The normalized spacial score (nSPS) is 16.4. The SMILES string of the molecule is CCSc1nc2n(n1)C(c1cc(Br)c(OCC(=O)N3CCCCC3)c(OC)c1)C(C(=O)Nc1cccc(C)c1C)=C(C)N2. The molecule has 12 heteroatoms. The number of anilines is 2. The van der Waals surface area contributed by atoms with Crippen LogP contribution in [0.25, 0.3) is 0 Å². The van der Waals surface area contributed by atoms with Crippen LogP contribution in [0.2, 0.25) is 0 Å². The highest BCUT2D eigenvalue weighted by Gasteiger charge is 2.36. The number of likely N-dealkylation sites (tertiary alicyclic amines) is 1. The second-order valence-electron chi connectivity index (χ2n) is 10.6. The van der Waals surface area contributed by atoms with Crippen molar-refractivity contribution in [1.29, 1.82) is 0 Å². The molecule has 1 unspecified atom stereocenters. The van der Waals surface area contributed by atoms with Crippen molar-refractivity contribution >= 4 is 51.1 Å². The van der Waals surface area contributed by atoms with E-state index in [0.717, 1.165) is 60.5 Å². The average molecular weight is 670 g/mol. The van der Waals surface area contributed by atoms with Crippen LogP contribution in [-0.4, -0.2) is 64.0 Å². The third kappa shape index (κ3) is 6.54. The largest absolute Gasteiger partial charge is 0.493 e. The van der Waals surface area contributed by atoms with Crippen LogP contribution in [-0.2, 0) is 9.59 Å². The number of nitrogens with zero attached hydrogens (tertiary/aromatic N) is 4. The number of fused-ring (bicyclic) bond motifs is 1. The molecule has 3 heterocycles. The molecule has 228 valence electrons. The molecule has 2 aromatic carbocycles. The number of piperidine rings is 1. The lowest BCUT2D eigenvalue weighted by Gasteiger charge is -2.29. The number of ether oxygens (including phenoxy) is 2. The fourth-order valence-corrected chi connectivity index (χ4v) is 6.54. The van der Waals surface area contributed by atoms with Crippen molar-refractivity contribution in [2.24, 2.45) is 0 Å². The van der Waals surface area contributed by atoms with E-state index in [1.807, 2.05) is 62.9 Å². The molecule has 1 fully saturated rings. The van der Waals surface area contributed by atoms with Gasteiger partial charge in [-0.15, -0.1) is 5.10 Å². The van der Waals surface area contributed by atoms with Crippen LogP contribution in [0.5, 0.6) is 11.5 Å². The minimum Gasteiger partial charge on any atom is -0.493 e. The lowest BCUT2D eigenvalue weighted by molar-refractivity contribution is -0.134. The van der Waals surface area contributed by atoms with Crippen LogP contribution >= 0.6 is 27.7 Å². The number of methoxy groups -OCH3 is 1. The number of carbonyl (C=O) groups is 2. The second-order valence-corrected chi connectivity index (χ2v) is 12.7. The molecule has 0 spiro atoms. The number of amides is 2. The van der Waals surface area contributed by atoms with Crippen LogP contribution in [0.4, 0.5) is 11.6 Å². The predicted molar refractivity (Wildman–Crippen MR) is 172 cm³/mol. The molecule has 1 aromatic heterocycles. The van der Waals surface area contributed by atoms with Crippen molar-refractivity contribution in [3.63, 3.8) is 0 Å². The Morgan fingerprint density at radius 3 is 2.65 bits per heavy atom. The van der Waals surface area contributed by atoms with Gasteiger partial charge >= 0.3 is 0 Å². The van der Waals surface area contributed by atoms with Crippen LogP contribution in [0, 0.1) is 13.8 Å². The smallest absolute Gasteiger partial charge is 0.260 e. The first kappa shape index (κ1) is 30.9. The minimum atomic E-state index is -0.616. The molecular weight excluding hydrogens is 632 g/mol. The number of allylic oxidation sites excluding steroid dienone is 1. The second kappa shape index (κ2) is 13.4. The summed E-state index contributed by atoms with van der Waals surface area (Å²) < 4.78 is 14.1. The Morgan fingerprint density at radius 1 is 1.16 bits per heavy atom. The van der Waals surface area contributed by atoms with Gasteiger partial charge in [-0.1, -0.05) is 30.8 Å². The molecule has 10 nitrogen and oxygen atoms in total. The maximum Gasteiger partial charge on any atom is 0.260 e. The summed E-state index contributed by atoms with van der Waals surface area (Å²) in [5, 5.41) is 11.8. The van der Waals surface area contributed by atoms with E-state index >= 15 is 0 Å². The number of benzene rings is 2. The topological polar surface area (TPSA) is 111 Å². The molecular formula is C31H37BrN6O4S. The standard InChI is InChI=1S/C31H37BrN6O4S/c1-6-43-31-35-30-33-20(4)26(29(40)34-23-12-10-11-18(2)19(23)3)27(38(30)36-31)21-15-22(32)28(24(16-21)41-5)42-17-25(39)37-13-8-7-9-14-37/h10-12,15-16,27H,6-9,13-14,17H2,1-5H3,(H,34,40)(H,33,35,36). The zero-order valence-corrected chi connectivity index (χ0v) is 27.5. The molecule has 0 aliphatic carbocycles. The summed E-state index contributed by atoms with van der Waals surface area (Å²) in [6.45, 7) is 9.34. The molecule has 0 bridgehead atoms. The van der Waals surface area contributed by atoms with Crippen molar-refractivity contribution < 1.29 is 19.1 Å². The molecule has 5 rings (SSSR count). The fraction of sp³-hybridized carbons (Fsp3) is 0.419. The van der Waals surface area contributed by atoms with Gasteiger partial charge in [-0.3, -0.25) is 9.59 Å². The highest BCUT2D eigenvalue weighted by Crippen LogP contribution is 2.43. The molecule has 2 aliphatic heterocycles. The average Bonchev–Trinajstić information content (AvgIpc) is 3.39. The van der Waals surface area contributed by atoms with E-state index in [1.165, 1.54) is 11.8 Å². The highest BCUT2D eigenvalue weighted by molar-refractivity contribution is 9.10. The van der Waals surface area contributed by atoms with E-state index in [2.05, 4.69) is 31.5 Å². The summed E-state index contributed by atoms with van der Waals surface area (Å²) >= 11 is 5.18. The van der Waals surface area contributed by atoms with E-state index in [9.17, 15) is 9.59 Å². The molecule has 2 aliphatic rings. The van der Waals surface area contributed by atoms with Gasteiger partial charge in [-0.05, 0) is 96.6 Å². The molecule has 2 N–H and O–H groups in total. The van der Waals surface area contributed by atoms with Crippen LogP contribution < -0.4 is 20.1 Å². The van der Waals surface area contributed by atoms with Gasteiger partial charge in [0.1, 0.15) is 6.04 Å².